The highest BCUT2D eigenvalue weighted by Gasteiger charge is 2.20. The lowest BCUT2D eigenvalue weighted by Crippen LogP contribution is -2.43. The molecule has 2 rings (SSSR count). The van der Waals surface area contributed by atoms with Crippen LogP contribution in [-0.2, 0) is 9.59 Å². The lowest BCUT2D eigenvalue weighted by molar-refractivity contribution is -0.122. The lowest BCUT2D eigenvalue weighted by atomic mass is 9.99. The fourth-order valence-corrected chi connectivity index (χ4v) is 1.85. The fraction of sp³-hybridized carbons (Fsp3) is 0.429. The maximum Gasteiger partial charge on any atom is 0.257 e. The van der Waals surface area contributed by atoms with E-state index in [-0.39, 0.29) is 18.4 Å². The van der Waals surface area contributed by atoms with E-state index >= 15 is 0 Å². The van der Waals surface area contributed by atoms with E-state index in [0.717, 1.165) is 13.1 Å². The molecule has 1 heterocycles. The summed E-state index contributed by atoms with van der Waals surface area (Å²) in [6, 6.07) is 7.03. The van der Waals surface area contributed by atoms with Crippen LogP contribution in [0.5, 0.6) is 5.75 Å². The van der Waals surface area contributed by atoms with Crippen molar-refractivity contribution in [2.75, 3.05) is 32.1 Å². The normalized spacial score (nSPS) is 14.2. The van der Waals surface area contributed by atoms with Gasteiger partial charge in [0.1, 0.15) is 5.75 Å². The second-order valence-electron chi connectivity index (χ2n) is 4.77. The number of likely N-dealkylation sites (N-methyl/N-ethyl adjacent to an activating group) is 1. The molecule has 0 aliphatic carbocycles. The zero-order valence-electron chi connectivity index (χ0n) is 11.4. The Hall–Kier alpha value is -2.08. The van der Waals surface area contributed by atoms with Crippen LogP contribution >= 0.6 is 0 Å². The fourth-order valence-electron chi connectivity index (χ4n) is 1.85. The number of hydrogen-bond donors (Lipinski definition) is 3. The van der Waals surface area contributed by atoms with Crippen molar-refractivity contribution in [3.8, 4) is 5.75 Å². The average molecular weight is 277 g/mol. The van der Waals surface area contributed by atoms with Crippen molar-refractivity contribution >= 4 is 17.5 Å². The first kappa shape index (κ1) is 14.3. The number of nitrogens with one attached hydrogen (secondary N) is 3. The highest BCUT2D eigenvalue weighted by molar-refractivity contribution is 5.91. The van der Waals surface area contributed by atoms with Gasteiger partial charge >= 0.3 is 0 Å². The summed E-state index contributed by atoms with van der Waals surface area (Å²) in [5.74, 6) is 0.788. The van der Waals surface area contributed by atoms with Crippen LogP contribution in [0.4, 0.5) is 5.69 Å². The van der Waals surface area contributed by atoms with Crippen LogP contribution in [0.25, 0.3) is 0 Å². The van der Waals surface area contributed by atoms with Gasteiger partial charge in [0.05, 0.1) is 0 Å². The number of hydrogen-bond acceptors (Lipinski definition) is 4. The lowest BCUT2D eigenvalue weighted by Gasteiger charge is -2.26. The first-order chi connectivity index (χ1) is 9.67. The minimum Gasteiger partial charge on any atom is -0.484 e. The number of benzene rings is 1. The van der Waals surface area contributed by atoms with Crippen LogP contribution in [0.2, 0.25) is 0 Å². The van der Waals surface area contributed by atoms with Crippen molar-refractivity contribution in [1.29, 1.82) is 0 Å². The smallest absolute Gasteiger partial charge is 0.257 e. The Morgan fingerprint density at radius 1 is 1.35 bits per heavy atom. The topological polar surface area (TPSA) is 79.5 Å². The molecule has 0 unspecified atom stereocenters. The third kappa shape index (κ3) is 4.24. The molecule has 0 spiro atoms. The van der Waals surface area contributed by atoms with Crippen LogP contribution in [0.3, 0.4) is 0 Å². The molecule has 0 bridgehead atoms. The van der Waals surface area contributed by atoms with Crippen molar-refractivity contribution < 1.29 is 14.3 Å². The average Bonchev–Trinajstić information content (AvgIpc) is 2.40. The maximum atomic E-state index is 11.8. The molecule has 1 aromatic rings. The second kappa shape index (κ2) is 6.91. The molecule has 0 atom stereocenters. The maximum absolute atomic E-state index is 11.8. The van der Waals surface area contributed by atoms with Crippen LogP contribution < -0.4 is 20.7 Å². The van der Waals surface area contributed by atoms with E-state index in [4.69, 9.17) is 4.74 Å². The van der Waals surface area contributed by atoms with E-state index in [1.807, 2.05) is 0 Å². The predicted octanol–water partition coefficient (Wildman–Crippen LogP) is 0.359. The predicted molar refractivity (Wildman–Crippen MR) is 75.6 cm³/mol. The third-order valence-electron chi connectivity index (χ3n) is 3.11. The van der Waals surface area contributed by atoms with Gasteiger partial charge in [0.15, 0.2) is 6.61 Å². The van der Waals surface area contributed by atoms with Crippen molar-refractivity contribution in [1.82, 2.24) is 10.6 Å². The molecular formula is C14H19N3O3. The SMILES string of the molecule is CNC(=O)COc1cccc(NC(=O)CC2CNC2)c1. The Labute approximate surface area is 117 Å². The number of amides is 2. The van der Waals surface area contributed by atoms with E-state index in [1.54, 1.807) is 31.3 Å². The monoisotopic (exact) mass is 277 g/mol. The second-order valence-corrected chi connectivity index (χ2v) is 4.77. The van der Waals surface area contributed by atoms with Crippen LogP contribution in [-0.4, -0.2) is 38.6 Å². The van der Waals surface area contributed by atoms with E-state index < -0.39 is 0 Å². The Balaban J connectivity index is 1.84. The molecule has 6 nitrogen and oxygen atoms in total. The molecule has 1 aliphatic rings. The minimum atomic E-state index is -0.197. The molecule has 0 aromatic heterocycles. The summed E-state index contributed by atoms with van der Waals surface area (Å²) in [5, 5.41) is 8.45. The van der Waals surface area contributed by atoms with Crippen molar-refractivity contribution in [3.05, 3.63) is 24.3 Å². The van der Waals surface area contributed by atoms with Crippen LogP contribution in [0, 0.1) is 5.92 Å². The van der Waals surface area contributed by atoms with Gasteiger partial charge in [0.2, 0.25) is 5.91 Å². The quantitative estimate of drug-likeness (QED) is 0.701. The molecule has 108 valence electrons. The molecule has 1 fully saturated rings. The summed E-state index contributed by atoms with van der Waals surface area (Å²) in [4.78, 5) is 22.9. The number of anilines is 1. The van der Waals surface area contributed by atoms with Gasteiger partial charge in [-0.15, -0.1) is 0 Å². The van der Waals surface area contributed by atoms with Crippen molar-refractivity contribution in [2.45, 2.75) is 6.42 Å². The number of carbonyl (C=O) groups is 2. The van der Waals surface area contributed by atoms with Gasteiger partial charge in [-0.3, -0.25) is 9.59 Å². The van der Waals surface area contributed by atoms with Gasteiger partial charge in [-0.25, -0.2) is 0 Å². The zero-order chi connectivity index (χ0) is 14.4. The van der Waals surface area contributed by atoms with Crippen molar-refractivity contribution in [2.24, 2.45) is 5.92 Å². The molecule has 1 saturated heterocycles. The van der Waals surface area contributed by atoms with Crippen molar-refractivity contribution in [3.63, 3.8) is 0 Å². The van der Waals surface area contributed by atoms with E-state index in [1.165, 1.54) is 0 Å². The van der Waals surface area contributed by atoms with Gasteiger partial charge in [0, 0.05) is 25.2 Å². The molecule has 3 N–H and O–H groups in total. The summed E-state index contributed by atoms with van der Waals surface area (Å²) in [6.45, 7) is 1.77. The molecule has 6 heteroatoms. The van der Waals surface area contributed by atoms with Crippen LogP contribution in [0.15, 0.2) is 24.3 Å². The molecule has 0 saturated carbocycles. The van der Waals surface area contributed by atoms with E-state index in [9.17, 15) is 9.59 Å². The molecule has 1 aromatic carbocycles. The number of rotatable bonds is 6. The molecule has 0 radical (unpaired) electrons. The molecule has 2 amide bonds. The zero-order valence-corrected chi connectivity index (χ0v) is 11.4. The minimum absolute atomic E-state index is 0.0000451. The Morgan fingerprint density at radius 3 is 2.80 bits per heavy atom. The van der Waals surface area contributed by atoms with E-state index in [0.29, 0.717) is 23.8 Å². The van der Waals surface area contributed by atoms with Gasteiger partial charge in [-0.2, -0.15) is 0 Å². The summed E-state index contributed by atoms with van der Waals surface area (Å²) in [6.07, 6.45) is 0.524. The third-order valence-corrected chi connectivity index (χ3v) is 3.11. The summed E-state index contributed by atoms with van der Waals surface area (Å²) in [5.41, 5.74) is 0.677. The number of carbonyl (C=O) groups excluding carboxylic acids is 2. The summed E-state index contributed by atoms with van der Waals surface area (Å²) >= 11 is 0. The highest BCUT2D eigenvalue weighted by Crippen LogP contribution is 2.18. The Bertz CT molecular complexity index is 486. The van der Waals surface area contributed by atoms with E-state index in [2.05, 4.69) is 16.0 Å². The first-order valence-corrected chi connectivity index (χ1v) is 6.61. The Morgan fingerprint density at radius 2 is 2.15 bits per heavy atom. The standard InChI is InChI=1S/C14H19N3O3/c1-15-14(19)9-20-12-4-2-3-11(6-12)17-13(18)5-10-7-16-8-10/h2-4,6,10,16H,5,7-9H2,1H3,(H,15,19)(H,17,18). The molecule has 20 heavy (non-hydrogen) atoms. The number of ether oxygens (including phenoxy) is 1. The Kier molecular flexibility index (Phi) is 4.95. The largest absolute Gasteiger partial charge is 0.484 e. The van der Waals surface area contributed by atoms with Gasteiger partial charge in [-0.05, 0) is 31.1 Å². The molecular weight excluding hydrogens is 258 g/mol. The molecule has 1 aliphatic heterocycles. The summed E-state index contributed by atoms with van der Waals surface area (Å²) < 4.78 is 5.32. The van der Waals surface area contributed by atoms with Gasteiger partial charge < -0.3 is 20.7 Å². The van der Waals surface area contributed by atoms with Gasteiger partial charge in [-0.1, -0.05) is 6.07 Å². The highest BCUT2D eigenvalue weighted by atomic mass is 16.5. The van der Waals surface area contributed by atoms with Gasteiger partial charge in [0.25, 0.3) is 5.91 Å². The summed E-state index contributed by atoms with van der Waals surface area (Å²) in [7, 11) is 1.55. The first-order valence-electron chi connectivity index (χ1n) is 6.61. The van der Waals surface area contributed by atoms with Crippen LogP contribution in [0.1, 0.15) is 6.42 Å².